The van der Waals surface area contributed by atoms with Crippen molar-refractivity contribution in [3.8, 4) is 5.75 Å². The number of aromatic hydroxyl groups is 1. The second kappa shape index (κ2) is 6.30. The van der Waals surface area contributed by atoms with E-state index in [9.17, 15) is 14.7 Å². The molecular formula is C19H22O5. The lowest BCUT2D eigenvalue weighted by molar-refractivity contribution is -0.136. The van der Waals surface area contributed by atoms with Crippen LogP contribution in [0.1, 0.15) is 71.1 Å². The summed E-state index contributed by atoms with van der Waals surface area (Å²) in [7, 11) is 0. The third-order valence-corrected chi connectivity index (χ3v) is 5.17. The van der Waals surface area contributed by atoms with Crippen LogP contribution >= 0.6 is 0 Å². The number of cyclic esters (lactones) is 1. The van der Waals surface area contributed by atoms with E-state index in [0.717, 1.165) is 47.1 Å². The van der Waals surface area contributed by atoms with Gasteiger partial charge in [0.1, 0.15) is 17.9 Å². The number of hydrogen-bond donors (Lipinski definition) is 2. The molecule has 0 bridgehead atoms. The van der Waals surface area contributed by atoms with Gasteiger partial charge in [-0.3, -0.25) is 4.79 Å². The van der Waals surface area contributed by atoms with Crippen molar-refractivity contribution in [1.29, 1.82) is 0 Å². The van der Waals surface area contributed by atoms with Crippen molar-refractivity contribution in [2.24, 2.45) is 0 Å². The van der Waals surface area contributed by atoms with E-state index in [0.29, 0.717) is 12.0 Å². The van der Waals surface area contributed by atoms with E-state index in [1.165, 1.54) is 0 Å². The first-order valence-electron chi connectivity index (χ1n) is 8.39. The van der Waals surface area contributed by atoms with Crippen molar-refractivity contribution < 1.29 is 24.5 Å². The number of rotatable bonds is 5. The summed E-state index contributed by atoms with van der Waals surface area (Å²) < 4.78 is 5.11. The summed E-state index contributed by atoms with van der Waals surface area (Å²) in [6, 6.07) is 0. The monoisotopic (exact) mass is 330 g/mol. The van der Waals surface area contributed by atoms with Gasteiger partial charge in [-0.25, -0.2) is 4.79 Å². The number of esters is 1. The number of carbonyl (C=O) groups is 2. The summed E-state index contributed by atoms with van der Waals surface area (Å²) in [6.45, 7) is 4.25. The van der Waals surface area contributed by atoms with Crippen LogP contribution in [0.15, 0.2) is 11.6 Å². The van der Waals surface area contributed by atoms with Crippen molar-refractivity contribution >= 4 is 11.9 Å². The Morgan fingerprint density at radius 2 is 2.17 bits per heavy atom. The molecule has 1 aliphatic carbocycles. The van der Waals surface area contributed by atoms with Crippen LogP contribution in [0.2, 0.25) is 0 Å². The topological polar surface area (TPSA) is 83.8 Å². The molecule has 5 nitrogen and oxygen atoms in total. The minimum atomic E-state index is -0.799. The third kappa shape index (κ3) is 2.68. The van der Waals surface area contributed by atoms with Crippen LogP contribution in [0, 0.1) is 6.92 Å². The molecule has 0 amide bonds. The van der Waals surface area contributed by atoms with Crippen molar-refractivity contribution in [2.45, 2.75) is 58.5 Å². The first-order valence-corrected chi connectivity index (χ1v) is 8.39. The average molecular weight is 330 g/mol. The summed E-state index contributed by atoms with van der Waals surface area (Å²) in [6.07, 6.45) is 5.18. The predicted molar refractivity (Wildman–Crippen MR) is 88.3 cm³/mol. The Kier molecular flexibility index (Phi) is 4.35. The van der Waals surface area contributed by atoms with Crippen LogP contribution < -0.4 is 0 Å². The quantitative estimate of drug-likeness (QED) is 0.636. The van der Waals surface area contributed by atoms with Gasteiger partial charge in [-0.05, 0) is 43.7 Å². The maximum atomic E-state index is 12.0. The Balaban J connectivity index is 2.02. The van der Waals surface area contributed by atoms with Crippen LogP contribution in [0.4, 0.5) is 0 Å². The van der Waals surface area contributed by atoms with Crippen LogP contribution in [0.25, 0.3) is 0 Å². The van der Waals surface area contributed by atoms with Crippen molar-refractivity contribution in [3.05, 3.63) is 39.5 Å². The number of aliphatic carboxylic acids is 1. The molecule has 1 heterocycles. The number of hydrogen-bond acceptors (Lipinski definition) is 4. The maximum absolute atomic E-state index is 12.0. The lowest BCUT2D eigenvalue weighted by atomic mass is 9.84. The van der Waals surface area contributed by atoms with Crippen LogP contribution in [0.5, 0.6) is 5.75 Å². The number of allylic oxidation sites excluding steroid dienone is 2. The second-order valence-electron chi connectivity index (χ2n) is 6.51. The first-order chi connectivity index (χ1) is 11.4. The van der Waals surface area contributed by atoms with Crippen molar-refractivity contribution in [3.63, 3.8) is 0 Å². The molecule has 128 valence electrons. The molecule has 1 aromatic carbocycles. The van der Waals surface area contributed by atoms with Gasteiger partial charge in [0, 0.05) is 23.5 Å². The van der Waals surface area contributed by atoms with E-state index in [4.69, 9.17) is 9.84 Å². The lowest BCUT2D eigenvalue weighted by Gasteiger charge is -2.20. The Morgan fingerprint density at radius 1 is 1.42 bits per heavy atom. The molecule has 1 aliphatic heterocycles. The fourth-order valence-electron chi connectivity index (χ4n) is 3.95. The van der Waals surface area contributed by atoms with Crippen LogP contribution in [0.3, 0.4) is 0 Å². The summed E-state index contributed by atoms with van der Waals surface area (Å²) in [5.74, 6) is -1.17. The minimum absolute atomic E-state index is 0.0288. The molecule has 2 N–H and O–H groups in total. The molecule has 0 spiro atoms. The Morgan fingerprint density at radius 3 is 2.83 bits per heavy atom. The number of fused-ring (bicyclic) bond motifs is 1. The molecule has 0 saturated carbocycles. The Bertz CT molecular complexity index is 745. The first kappa shape index (κ1) is 16.6. The summed E-state index contributed by atoms with van der Waals surface area (Å²) in [5.41, 5.74) is 5.14. The van der Waals surface area contributed by atoms with Crippen molar-refractivity contribution in [1.82, 2.24) is 0 Å². The van der Waals surface area contributed by atoms with Gasteiger partial charge in [-0.2, -0.15) is 0 Å². The highest BCUT2D eigenvalue weighted by atomic mass is 16.5. The highest BCUT2D eigenvalue weighted by Crippen LogP contribution is 2.45. The summed E-state index contributed by atoms with van der Waals surface area (Å²) in [5, 5.41) is 19.6. The van der Waals surface area contributed by atoms with E-state index >= 15 is 0 Å². The number of phenols is 1. The van der Waals surface area contributed by atoms with Gasteiger partial charge in [0.25, 0.3) is 0 Å². The zero-order valence-electron chi connectivity index (χ0n) is 14.0. The summed E-state index contributed by atoms with van der Waals surface area (Å²) >= 11 is 0. The van der Waals surface area contributed by atoms with Gasteiger partial charge in [0.15, 0.2) is 0 Å². The van der Waals surface area contributed by atoms with Gasteiger partial charge >= 0.3 is 11.9 Å². The van der Waals surface area contributed by atoms with Crippen molar-refractivity contribution in [2.75, 3.05) is 0 Å². The van der Waals surface area contributed by atoms with Crippen LogP contribution in [-0.4, -0.2) is 22.2 Å². The molecule has 1 unspecified atom stereocenters. The standard InChI is InChI=1S/C19H22O5/c1-3-13-10(2)14-9-24-19(23)17(14)18(22)16(13)12-6-4-11(8-12)5-7-15(20)21/h8,12,22H,3-7,9H2,1-2H3,(H,20,21). The van der Waals surface area contributed by atoms with Crippen LogP contribution in [-0.2, 0) is 22.6 Å². The van der Waals surface area contributed by atoms with E-state index in [2.05, 4.69) is 6.08 Å². The molecule has 24 heavy (non-hydrogen) atoms. The van der Waals surface area contributed by atoms with Gasteiger partial charge in [-0.15, -0.1) is 0 Å². The largest absolute Gasteiger partial charge is 0.507 e. The molecule has 0 radical (unpaired) electrons. The fraction of sp³-hybridized carbons (Fsp3) is 0.474. The predicted octanol–water partition coefficient (Wildman–Crippen LogP) is 3.60. The normalized spacial score (nSPS) is 19.2. The molecular weight excluding hydrogens is 308 g/mol. The van der Waals surface area contributed by atoms with E-state index in [1.807, 2.05) is 13.8 Å². The molecule has 1 atom stereocenters. The Hall–Kier alpha value is -2.30. The number of phenolic OH excluding ortho intramolecular Hbond substituents is 1. The van der Waals surface area contributed by atoms with Gasteiger partial charge < -0.3 is 14.9 Å². The molecule has 0 saturated heterocycles. The fourth-order valence-corrected chi connectivity index (χ4v) is 3.95. The minimum Gasteiger partial charge on any atom is -0.507 e. The average Bonchev–Trinajstić information content (AvgIpc) is 3.15. The molecule has 3 rings (SSSR count). The third-order valence-electron chi connectivity index (χ3n) is 5.17. The smallest absolute Gasteiger partial charge is 0.342 e. The number of carboxylic acids is 1. The lowest BCUT2D eigenvalue weighted by Crippen LogP contribution is -2.07. The Labute approximate surface area is 140 Å². The SMILES string of the molecule is CCc1c(C)c2c(c(O)c1C1C=C(CCC(=O)O)CC1)C(=O)OC2. The van der Waals surface area contributed by atoms with E-state index < -0.39 is 11.9 Å². The number of ether oxygens (including phenoxy) is 1. The molecule has 2 aliphatic rings. The van der Waals surface area contributed by atoms with Gasteiger partial charge in [0.05, 0.1) is 0 Å². The summed E-state index contributed by atoms with van der Waals surface area (Å²) in [4.78, 5) is 22.7. The molecule has 5 heteroatoms. The zero-order chi connectivity index (χ0) is 17.4. The highest BCUT2D eigenvalue weighted by molar-refractivity contribution is 5.97. The molecule has 1 aromatic rings. The highest BCUT2D eigenvalue weighted by Gasteiger charge is 2.34. The number of carbonyl (C=O) groups excluding carboxylic acids is 1. The second-order valence-corrected chi connectivity index (χ2v) is 6.51. The zero-order valence-corrected chi connectivity index (χ0v) is 14.0. The number of carboxylic acid groups (broad SMARTS) is 1. The van der Waals surface area contributed by atoms with E-state index in [-0.39, 0.29) is 24.7 Å². The molecule has 0 aromatic heterocycles. The van der Waals surface area contributed by atoms with Gasteiger partial charge in [0.2, 0.25) is 0 Å². The maximum Gasteiger partial charge on any atom is 0.342 e. The van der Waals surface area contributed by atoms with E-state index in [1.54, 1.807) is 0 Å². The van der Waals surface area contributed by atoms with Gasteiger partial charge in [-0.1, -0.05) is 18.6 Å². The molecule has 0 fully saturated rings. The number of benzene rings is 1.